The fraction of sp³-hybridized carbons (Fsp3) is 0.125. The van der Waals surface area contributed by atoms with Crippen LogP contribution in [0.5, 0.6) is 5.75 Å². The topological polar surface area (TPSA) is 91.3 Å². The molecule has 3 aromatic rings. The fourth-order valence-electron chi connectivity index (χ4n) is 2.06. The Morgan fingerprint density at radius 2 is 2.00 bits per heavy atom. The molecule has 0 bridgehead atoms. The van der Waals surface area contributed by atoms with Crippen LogP contribution in [0.3, 0.4) is 0 Å². The molecule has 7 nitrogen and oxygen atoms in total. The zero-order valence-electron chi connectivity index (χ0n) is 12.6. The Kier molecular flexibility index (Phi) is 4.43. The number of benzene rings is 2. The van der Waals surface area contributed by atoms with Gasteiger partial charge in [0.1, 0.15) is 0 Å². The van der Waals surface area contributed by atoms with Crippen molar-refractivity contribution in [3.8, 4) is 17.1 Å². The van der Waals surface area contributed by atoms with Gasteiger partial charge in [0.2, 0.25) is 5.82 Å². The molecular formula is C16H12ClN3O4. The van der Waals surface area contributed by atoms with Crippen LogP contribution < -0.4 is 4.74 Å². The molecule has 0 aliphatic heterocycles. The van der Waals surface area contributed by atoms with Gasteiger partial charge in [0.25, 0.3) is 5.89 Å². The van der Waals surface area contributed by atoms with Crippen molar-refractivity contribution < 1.29 is 14.2 Å². The van der Waals surface area contributed by atoms with Crippen molar-refractivity contribution >= 4 is 17.3 Å². The second kappa shape index (κ2) is 6.67. The van der Waals surface area contributed by atoms with Crippen molar-refractivity contribution in [3.63, 3.8) is 0 Å². The monoisotopic (exact) mass is 345 g/mol. The van der Waals surface area contributed by atoms with E-state index in [1.807, 2.05) is 0 Å². The van der Waals surface area contributed by atoms with Crippen LogP contribution in [0.2, 0.25) is 5.02 Å². The molecule has 1 heterocycles. The first kappa shape index (κ1) is 15.9. The minimum Gasteiger partial charge on any atom is -0.477 e. The third-order valence-corrected chi connectivity index (χ3v) is 3.48. The van der Waals surface area contributed by atoms with Gasteiger partial charge in [-0.25, -0.2) is 0 Å². The summed E-state index contributed by atoms with van der Waals surface area (Å²) in [6.07, 6.45) is 0. The van der Waals surface area contributed by atoms with E-state index < -0.39 is 4.92 Å². The Balaban J connectivity index is 1.74. The van der Waals surface area contributed by atoms with Gasteiger partial charge in [-0.3, -0.25) is 10.1 Å². The zero-order valence-corrected chi connectivity index (χ0v) is 13.4. The van der Waals surface area contributed by atoms with Gasteiger partial charge in [-0.1, -0.05) is 22.8 Å². The van der Waals surface area contributed by atoms with E-state index in [1.165, 1.54) is 6.07 Å². The number of aromatic nitrogens is 2. The van der Waals surface area contributed by atoms with Gasteiger partial charge >= 0.3 is 5.69 Å². The summed E-state index contributed by atoms with van der Waals surface area (Å²) >= 11 is 5.83. The molecule has 0 aliphatic carbocycles. The van der Waals surface area contributed by atoms with E-state index >= 15 is 0 Å². The molecule has 0 aliphatic rings. The van der Waals surface area contributed by atoms with Gasteiger partial charge in [-0.05, 0) is 42.8 Å². The van der Waals surface area contributed by atoms with E-state index in [0.717, 1.165) is 11.1 Å². The molecule has 0 radical (unpaired) electrons. The molecule has 0 N–H and O–H groups in total. The molecule has 0 saturated carbocycles. The Morgan fingerprint density at radius 1 is 1.25 bits per heavy atom. The quantitative estimate of drug-likeness (QED) is 0.508. The van der Waals surface area contributed by atoms with Crippen molar-refractivity contribution in [1.82, 2.24) is 10.1 Å². The van der Waals surface area contributed by atoms with E-state index in [9.17, 15) is 10.1 Å². The van der Waals surface area contributed by atoms with Gasteiger partial charge in [0.05, 0.1) is 4.92 Å². The Hall–Kier alpha value is -2.93. The first-order valence-electron chi connectivity index (χ1n) is 6.99. The Bertz CT molecular complexity index is 877. The van der Waals surface area contributed by atoms with Crippen molar-refractivity contribution in [2.75, 3.05) is 0 Å². The van der Waals surface area contributed by atoms with Gasteiger partial charge < -0.3 is 9.26 Å². The molecule has 0 amide bonds. The molecule has 3 rings (SSSR count). The third kappa shape index (κ3) is 3.52. The number of ether oxygens (including phenoxy) is 1. The predicted molar refractivity (Wildman–Crippen MR) is 86.9 cm³/mol. The van der Waals surface area contributed by atoms with Crippen molar-refractivity contribution in [3.05, 3.63) is 69.1 Å². The summed E-state index contributed by atoms with van der Waals surface area (Å²) in [4.78, 5) is 14.8. The summed E-state index contributed by atoms with van der Waals surface area (Å²) in [5, 5.41) is 15.5. The molecule has 0 fully saturated rings. The maximum absolute atomic E-state index is 11.1. The standard InChI is InChI=1S/C16H12ClN3O4/c1-10-2-7-14(13(8-10)20(21)22)23-9-15-18-16(19-24-15)11-3-5-12(17)6-4-11/h2-8H,9H2,1H3. The number of hydrogen-bond acceptors (Lipinski definition) is 6. The normalized spacial score (nSPS) is 10.6. The lowest BCUT2D eigenvalue weighted by molar-refractivity contribution is -0.386. The average Bonchev–Trinajstić information content (AvgIpc) is 3.03. The molecule has 0 atom stereocenters. The smallest absolute Gasteiger partial charge is 0.311 e. The van der Waals surface area contributed by atoms with Crippen LogP contribution in [0.25, 0.3) is 11.4 Å². The van der Waals surface area contributed by atoms with Crippen LogP contribution in [0, 0.1) is 17.0 Å². The molecule has 122 valence electrons. The van der Waals surface area contributed by atoms with Crippen molar-refractivity contribution in [1.29, 1.82) is 0 Å². The van der Waals surface area contributed by atoms with E-state index in [1.54, 1.807) is 43.3 Å². The maximum Gasteiger partial charge on any atom is 0.311 e. The average molecular weight is 346 g/mol. The van der Waals surface area contributed by atoms with Crippen LogP contribution in [-0.4, -0.2) is 15.1 Å². The Labute approximate surface area is 142 Å². The molecule has 1 aromatic heterocycles. The van der Waals surface area contributed by atoms with Crippen molar-refractivity contribution in [2.45, 2.75) is 13.5 Å². The molecular weight excluding hydrogens is 334 g/mol. The van der Waals surface area contributed by atoms with Gasteiger partial charge in [-0.2, -0.15) is 4.98 Å². The number of halogens is 1. The zero-order chi connectivity index (χ0) is 17.1. The molecule has 0 spiro atoms. The van der Waals surface area contributed by atoms with Gasteiger partial charge in [0, 0.05) is 16.7 Å². The number of hydrogen-bond donors (Lipinski definition) is 0. The lowest BCUT2D eigenvalue weighted by Gasteiger charge is -2.04. The second-order valence-corrected chi connectivity index (χ2v) is 5.47. The molecule has 0 unspecified atom stereocenters. The predicted octanol–water partition coefficient (Wildman–Crippen LogP) is 4.19. The maximum atomic E-state index is 11.1. The number of nitro groups is 1. The fourth-order valence-corrected chi connectivity index (χ4v) is 2.19. The van der Waals surface area contributed by atoms with Crippen LogP contribution in [0.4, 0.5) is 5.69 Å². The van der Waals surface area contributed by atoms with Crippen LogP contribution in [0.15, 0.2) is 47.0 Å². The summed E-state index contributed by atoms with van der Waals surface area (Å²) in [6.45, 7) is 1.71. The summed E-state index contributed by atoms with van der Waals surface area (Å²) in [5.74, 6) is 0.760. The van der Waals surface area contributed by atoms with Crippen LogP contribution >= 0.6 is 11.6 Å². The van der Waals surface area contributed by atoms with E-state index in [2.05, 4.69) is 10.1 Å². The SMILES string of the molecule is Cc1ccc(OCc2nc(-c3ccc(Cl)cc3)no2)c([N+](=O)[O-])c1. The number of rotatable bonds is 5. The van der Waals surface area contributed by atoms with Gasteiger partial charge in [0.15, 0.2) is 12.4 Å². The number of nitrogens with zero attached hydrogens (tertiary/aromatic N) is 3. The summed E-state index contributed by atoms with van der Waals surface area (Å²) in [5.41, 5.74) is 1.42. The van der Waals surface area contributed by atoms with E-state index in [-0.39, 0.29) is 23.9 Å². The summed E-state index contributed by atoms with van der Waals surface area (Å²) in [6, 6.07) is 11.7. The highest BCUT2D eigenvalue weighted by Gasteiger charge is 2.16. The highest BCUT2D eigenvalue weighted by atomic mass is 35.5. The minimum atomic E-state index is -0.491. The van der Waals surface area contributed by atoms with E-state index in [0.29, 0.717) is 10.8 Å². The molecule has 0 saturated heterocycles. The molecule has 2 aromatic carbocycles. The summed E-state index contributed by atoms with van der Waals surface area (Å²) < 4.78 is 10.6. The summed E-state index contributed by atoms with van der Waals surface area (Å²) in [7, 11) is 0. The molecule has 24 heavy (non-hydrogen) atoms. The highest BCUT2D eigenvalue weighted by Crippen LogP contribution is 2.28. The lowest BCUT2D eigenvalue weighted by Crippen LogP contribution is -1.99. The second-order valence-electron chi connectivity index (χ2n) is 5.04. The first-order valence-corrected chi connectivity index (χ1v) is 7.37. The van der Waals surface area contributed by atoms with E-state index in [4.69, 9.17) is 20.9 Å². The largest absolute Gasteiger partial charge is 0.477 e. The third-order valence-electron chi connectivity index (χ3n) is 3.23. The van der Waals surface area contributed by atoms with Gasteiger partial charge in [-0.15, -0.1) is 0 Å². The van der Waals surface area contributed by atoms with Crippen molar-refractivity contribution in [2.24, 2.45) is 0 Å². The molecule has 8 heteroatoms. The first-order chi connectivity index (χ1) is 11.5. The number of nitro benzene ring substituents is 1. The van der Waals surface area contributed by atoms with Crippen LogP contribution in [-0.2, 0) is 6.61 Å². The van der Waals surface area contributed by atoms with Crippen LogP contribution in [0.1, 0.15) is 11.5 Å². The Morgan fingerprint density at radius 3 is 2.71 bits per heavy atom. The highest BCUT2D eigenvalue weighted by molar-refractivity contribution is 6.30. The lowest BCUT2D eigenvalue weighted by atomic mass is 10.2. The number of aryl methyl sites for hydroxylation is 1. The minimum absolute atomic E-state index is 0.0650.